The third kappa shape index (κ3) is 4.53. The van der Waals surface area contributed by atoms with Gasteiger partial charge in [0.2, 0.25) is 0 Å². The van der Waals surface area contributed by atoms with Gasteiger partial charge in [0.1, 0.15) is 11.9 Å². The number of nitrogens with zero attached hydrogens (tertiary/aromatic N) is 1. The normalized spacial score (nSPS) is 18.4. The molecule has 4 rings (SSSR count). The molecule has 0 aromatic heterocycles. The molecule has 3 aromatic carbocycles. The first kappa shape index (κ1) is 21.2. The van der Waals surface area contributed by atoms with Crippen molar-refractivity contribution in [3.8, 4) is 17.2 Å². The predicted molar refractivity (Wildman–Crippen MR) is 123 cm³/mol. The van der Waals surface area contributed by atoms with E-state index in [2.05, 4.69) is 5.32 Å². The SMILES string of the molecule is CCOc1cccc([C@@H]2CC(c3ccc(Cl)cc3)=N[C@H](c3ccccc3OC)N2)c1O. The Morgan fingerprint density at radius 2 is 1.71 bits per heavy atom. The van der Waals surface area contributed by atoms with Gasteiger partial charge in [-0.1, -0.05) is 54.1 Å². The molecule has 5 nitrogen and oxygen atoms in total. The largest absolute Gasteiger partial charge is 0.504 e. The Morgan fingerprint density at radius 1 is 1.00 bits per heavy atom. The van der Waals surface area contributed by atoms with E-state index in [-0.39, 0.29) is 18.0 Å². The second-order valence-corrected chi connectivity index (χ2v) is 7.71. The van der Waals surface area contributed by atoms with Crippen LogP contribution in [0.2, 0.25) is 5.02 Å². The van der Waals surface area contributed by atoms with E-state index in [1.54, 1.807) is 13.2 Å². The van der Waals surface area contributed by atoms with Crippen LogP contribution in [0, 0.1) is 0 Å². The van der Waals surface area contributed by atoms with Crippen molar-refractivity contribution in [2.45, 2.75) is 25.6 Å². The zero-order valence-corrected chi connectivity index (χ0v) is 18.3. The average molecular weight is 437 g/mol. The summed E-state index contributed by atoms with van der Waals surface area (Å²) in [5.74, 6) is 1.39. The number of hydrogen-bond donors (Lipinski definition) is 2. The smallest absolute Gasteiger partial charge is 0.162 e. The lowest BCUT2D eigenvalue weighted by molar-refractivity contribution is 0.313. The van der Waals surface area contributed by atoms with Gasteiger partial charge in [0.25, 0.3) is 0 Å². The lowest BCUT2D eigenvalue weighted by atomic mass is 9.93. The van der Waals surface area contributed by atoms with Crippen LogP contribution in [0.25, 0.3) is 0 Å². The second-order valence-electron chi connectivity index (χ2n) is 7.28. The van der Waals surface area contributed by atoms with Crippen LogP contribution >= 0.6 is 11.6 Å². The fourth-order valence-corrected chi connectivity index (χ4v) is 3.99. The van der Waals surface area contributed by atoms with Crippen molar-refractivity contribution in [2.75, 3.05) is 13.7 Å². The molecule has 0 spiro atoms. The number of hydrogen-bond acceptors (Lipinski definition) is 5. The fraction of sp³-hybridized carbons (Fsp3) is 0.240. The number of methoxy groups -OCH3 is 1. The van der Waals surface area contributed by atoms with Crippen molar-refractivity contribution in [1.82, 2.24) is 5.32 Å². The van der Waals surface area contributed by atoms with E-state index >= 15 is 0 Å². The Bertz CT molecular complexity index is 1080. The van der Waals surface area contributed by atoms with Crippen LogP contribution < -0.4 is 14.8 Å². The molecule has 160 valence electrons. The van der Waals surface area contributed by atoms with Crippen LogP contribution in [-0.2, 0) is 0 Å². The van der Waals surface area contributed by atoms with E-state index in [0.29, 0.717) is 23.8 Å². The van der Waals surface area contributed by atoms with Gasteiger partial charge >= 0.3 is 0 Å². The maximum atomic E-state index is 10.9. The number of rotatable bonds is 6. The van der Waals surface area contributed by atoms with E-state index in [1.165, 1.54) is 0 Å². The molecule has 1 aliphatic rings. The summed E-state index contributed by atoms with van der Waals surface area (Å²) in [5.41, 5.74) is 3.63. The topological polar surface area (TPSA) is 63.1 Å². The summed E-state index contributed by atoms with van der Waals surface area (Å²) in [5, 5.41) is 15.1. The molecule has 0 saturated carbocycles. The van der Waals surface area contributed by atoms with Gasteiger partial charge in [-0.05, 0) is 36.8 Å². The third-order valence-corrected chi connectivity index (χ3v) is 5.61. The first-order valence-electron chi connectivity index (χ1n) is 10.3. The molecule has 0 fully saturated rings. The van der Waals surface area contributed by atoms with Gasteiger partial charge in [-0.2, -0.15) is 0 Å². The monoisotopic (exact) mass is 436 g/mol. The summed E-state index contributed by atoms with van der Waals surface area (Å²) in [7, 11) is 1.65. The molecular formula is C25H25ClN2O3. The molecule has 0 saturated heterocycles. The highest BCUT2D eigenvalue weighted by molar-refractivity contribution is 6.30. The highest BCUT2D eigenvalue weighted by Crippen LogP contribution is 2.40. The Labute approximate surface area is 187 Å². The van der Waals surface area contributed by atoms with Crippen LogP contribution in [0.5, 0.6) is 17.2 Å². The minimum Gasteiger partial charge on any atom is -0.504 e. The number of phenolic OH excluding ortho intramolecular Hbond substituents is 1. The van der Waals surface area contributed by atoms with Gasteiger partial charge in [-0.25, -0.2) is 0 Å². The van der Waals surface area contributed by atoms with E-state index < -0.39 is 0 Å². The van der Waals surface area contributed by atoms with Crippen LogP contribution in [0.1, 0.15) is 42.2 Å². The van der Waals surface area contributed by atoms with Crippen molar-refractivity contribution in [1.29, 1.82) is 0 Å². The molecule has 1 aliphatic heterocycles. The fourth-order valence-electron chi connectivity index (χ4n) is 3.87. The van der Waals surface area contributed by atoms with Gasteiger partial charge in [0, 0.05) is 34.3 Å². The van der Waals surface area contributed by atoms with E-state index in [9.17, 15) is 5.11 Å². The van der Waals surface area contributed by atoms with Gasteiger partial charge in [-0.3, -0.25) is 10.3 Å². The van der Waals surface area contributed by atoms with Crippen molar-refractivity contribution < 1.29 is 14.6 Å². The molecule has 31 heavy (non-hydrogen) atoms. The summed E-state index contributed by atoms with van der Waals surface area (Å²) in [6, 6.07) is 20.9. The summed E-state index contributed by atoms with van der Waals surface area (Å²) >= 11 is 6.09. The lowest BCUT2D eigenvalue weighted by Gasteiger charge is -2.31. The first-order chi connectivity index (χ1) is 15.1. The number of aliphatic imine (C=N–C) groups is 1. The molecule has 2 N–H and O–H groups in total. The Hall–Kier alpha value is -3.02. The van der Waals surface area contributed by atoms with Crippen LogP contribution in [0.15, 0.2) is 71.7 Å². The van der Waals surface area contributed by atoms with E-state index in [0.717, 1.165) is 28.2 Å². The van der Waals surface area contributed by atoms with Gasteiger partial charge in [-0.15, -0.1) is 0 Å². The van der Waals surface area contributed by atoms with Crippen LogP contribution in [-0.4, -0.2) is 24.5 Å². The molecule has 1 heterocycles. The quantitative estimate of drug-likeness (QED) is 0.522. The molecular weight excluding hydrogens is 412 g/mol. The summed E-state index contributed by atoms with van der Waals surface area (Å²) < 4.78 is 11.2. The molecule has 0 bridgehead atoms. The van der Waals surface area contributed by atoms with E-state index in [1.807, 2.05) is 67.6 Å². The highest BCUT2D eigenvalue weighted by atomic mass is 35.5. The summed E-state index contributed by atoms with van der Waals surface area (Å²) in [6.45, 7) is 2.38. The Balaban J connectivity index is 1.78. The molecule has 0 amide bonds. The number of ether oxygens (including phenoxy) is 2. The Morgan fingerprint density at radius 3 is 2.45 bits per heavy atom. The van der Waals surface area contributed by atoms with Crippen molar-refractivity contribution in [3.63, 3.8) is 0 Å². The van der Waals surface area contributed by atoms with Gasteiger partial charge in [0.05, 0.1) is 13.7 Å². The van der Waals surface area contributed by atoms with E-state index in [4.69, 9.17) is 26.1 Å². The minimum atomic E-state index is -0.337. The summed E-state index contributed by atoms with van der Waals surface area (Å²) in [4.78, 5) is 4.99. The number of para-hydroxylation sites is 2. The lowest BCUT2D eigenvalue weighted by Crippen LogP contribution is -2.33. The highest BCUT2D eigenvalue weighted by Gasteiger charge is 2.29. The maximum Gasteiger partial charge on any atom is 0.162 e. The molecule has 2 atom stereocenters. The first-order valence-corrected chi connectivity index (χ1v) is 10.6. The maximum absolute atomic E-state index is 10.9. The number of aromatic hydroxyl groups is 1. The minimum absolute atomic E-state index is 0.151. The average Bonchev–Trinajstić information content (AvgIpc) is 2.80. The zero-order chi connectivity index (χ0) is 21.8. The molecule has 6 heteroatoms. The molecule has 0 unspecified atom stereocenters. The van der Waals surface area contributed by atoms with Gasteiger partial charge in [0.15, 0.2) is 11.5 Å². The Kier molecular flexibility index (Phi) is 6.44. The second kappa shape index (κ2) is 9.41. The number of nitrogens with one attached hydrogen (secondary N) is 1. The number of benzene rings is 3. The van der Waals surface area contributed by atoms with Crippen molar-refractivity contribution in [3.05, 3.63) is 88.4 Å². The molecule has 0 radical (unpaired) electrons. The van der Waals surface area contributed by atoms with Crippen LogP contribution in [0.3, 0.4) is 0 Å². The third-order valence-electron chi connectivity index (χ3n) is 5.36. The van der Waals surface area contributed by atoms with Gasteiger partial charge < -0.3 is 14.6 Å². The predicted octanol–water partition coefficient (Wildman–Crippen LogP) is 5.68. The molecule has 3 aromatic rings. The molecule has 0 aliphatic carbocycles. The van der Waals surface area contributed by atoms with Crippen LogP contribution in [0.4, 0.5) is 0 Å². The van der Waals surface area contributed by atoms with Crippen molar-refractivity contribution >= 4 is 17.3 Å². The zero-order valence-electron chi connectivity index (χ0n) is 17.5. The number of halogens is 1. The summed E-state index contributed by atoms with van der Waals surface area (Å²) in [6.07, 6.45) is 0.270. The van der Waals surface area contributed by atoms with Crippen molar-refractivity contribution in [2.24, 2.45) is 4.99 Å². The number of phenols is 1. The standard InChI is InChI=1S/C25H25ClN2O3/c1-3-31-23-10-6-8-18(24(23)29)21-15-20(16-11-13-17(26)14-12-16)27-25(28-21)19-7-4-5-9-22(19)30-2/h4-14,21,25,28-29H,3,15H2,1-2H3/t21-,25-/m0/s1.